The van der Waals surface area contributed by atoms with Crippen molar-refractivity contribution in [3.05, 3.63) is 11.7 Å². The minimum Gasteiger partial charge on any atom is -0.247 e. The second-order valence-corrected chi connectivity index (χ2v) is 3.63. The van der Waals surface area contributed by atoms with Crippen molar-refractivity contribution >= 4 is 0 Å². The molecule has 0 aromatic rings. The molecule has 0 amide bonds. The van der Waals surface area contributed by atoms with Crippen LogP contribution in [0.3, 0.4) is 0 Å². The van der Waals surface area contributed by atoms with Crippen molar-refractivity contribution in [2.45, 2.75) is 38.0 Å². The van der Waals surface area contributed by atoms with E-state index in [0.29, 0.717) is 0 Å². The molecule has 1 fully saturated rings. The normalized spacial score (nSPS) is 27.6. The summed E-state index contributed by atoms with van der Waals surface area (Å²) in [6.45, 7) is 0. The standard InChI is InChI=1S/C9H10F6/c10-6-3-1-2-5(4-6)7(8(11)12)9(13,14)15/h5-6H,1-4H2. The fourth-order valence-corrected chi connectivity index (χ4v) is 1.89. The molecule has 1 aliphatic rings. The van der Waals surface area contributed by atoms with E-state index in [4.69, 9.17) is 0 Å². The van der Waals surface area contributed by atoms with Gasteiger partial charge in [0.1, 0.15) is 11.7 Å². The van der Waals surface area contributed by atoms with Crippen LogP contribution in [0.4, 0.5) is 26.3 Å². The lowest BCUT2D eigenvalue weighted by molar-refractivity contribution is -0.105. The Hall–Kier alpha value is -0.680. The Morgan fingerprint density at radius 1 is 1.07 bits per heavy atom. The Morgan fingerprint density at radius 3 is 2.07 bits per heavy atom. The summed E-state index contributed by atoms with van der Waals surface area (Å²) in [6, 6.07) is 0. The van der Waals surface area contributed by atoms with Crippen molar-refractivity contribution in [2.75, 3.05) is 0 Å². The number of hydrogen-bond acceptors (Lipinski definition) is 0. The summed E-state index contributed by atoms with van der Waals surface area (Å²) in [7, 11) is 0. The molecule has 0 saturated heterocycles. The van der Waals surface area contributed by atoms with E-state index < -0.39 is 36.3 Å². The molecule has 0 bridgehead atoms. The van der Waals surface area contributed by atoms with E-state index in [0.717, 1.165) is 0 Å². The molecule has 1 aliphatic carbocycles. The summed E-state index contributed by atoms with van der Waals surface area (Å²) in [5.74, 6) is -1.39. The van der Waals surface area contributed by atoms with E-state index in [9.17, 15) is 26.3 Å². The number of alkyl halides is 4. The van der Waals surface area contributed by atoms with Gasteiger partial charge >= 0.3 is 6.18 Å². The van der Waals surface area contributed by atoms with Crippen LogP contribution < -0.4 is 0 Å². The lowest BCUT2D eigenvalue weighted by Gasteiger charge is -2.27. The van der Waals surface area contributed by atoms with Crippen molar-refractivity contribution in [3.8, 4) is 0 Å². The van der Waals surface area contributed by atoms with Crippen LogP contribution in [-0.2, 0) is 0 Å². The third-order valence-corrected chi connectivity index (χ3v) is 2.53. The smallest absolute Gasteiger partial charge is 0.247 e. The van der Waals surface area contributed by atoms with E-state index in [2.05, 4.69) is 0 Å². The van der Waals surface area contributed by atoms with E-state index >= 15 is 0 Å². The third kappa shape index (κ3) is 3.14. The minimum atomic E-state index is -5.06. The summed E-state index contributed by atoms with van der Waals surface area (Å²) in [5.41, 5.74) is -1.84. The number of halogens is 6. The summed E-state index contributed by atoms with van der Waals surface area (Å²) < 4.78 is 73.8. The quantitative estimate of drug-likeness (QED) is 0.593. The van der Waals surface area contributed by atoms with Crippen LogP contribution in [0.15, 0.2) is 11.7 Å². The van der Waals surface area contributed by atoms with E-state index in [1.54, 1.807) is 0 Å². The second kappa shape index (κ2) is 4.45. The van der Waals surface area contributed by atoms with Gasteiger partial charge in [-0.25, -0.2) is 4.39 Å². The monoisotopic (exact) mass is 232 g/mol. The van der Waals surface area contributed by atoms with Crippen LogP contribution in [0.2, 0.25) is 0 Å². The van der Waals surface area contributed by atoms with Gasteiger partial charge in [-0.15, -0.1) is 0 Å². The van der Waals surface area contributed by atoms with Crippen molar-refractivity contribution in [1.29, 1.82) is 0 Å². The van der Waals surface area contributed by atoms with Gasteiger partial charge in [0.25, 0.3) is 6.08 Å². The Labute approximate surface area is 83.0 Å². The van der Waals surface area contributed by atoms with Gasteiger partial charge in [0, 0.05) is 0 Å². The van der Waals surface area contributed by atoms with Gasteiger partial charge in [0.05, 0.1) is 0 Å². The van der Waals surface area contributed by atoms with Gasteiger partial charge in [-0.3, -0.25) is 0 Å². The number of rotatable bonds is 1. The van der Waals surface area contributed by atoms with E-state index in [1.165, 1.54) is 0 Å². The highest BCUT2D eigenvalue weighted by molar-refractivity contribution is 5.15. The molecular formula is C9H10F6. The summed E-state index contributed by atoms with van der Waals surface area (Å²) >= 11 is 0. The van der Waals surface area contributed by atoms with Gasteiger partial charge in [0.2, 0.25) is 0 Å². The Morgan fingerprint density at radius 2 is 1.67 bits per heavy atom. The lowest BCUT2D eigenvalue weighted by Crippen LogP contribution is -2.26. The van der Waals surface area contributed by atoms with Gasteiger partial charge in [-0.05, 0) is 31.6 Å². The van der Waals surface area contributed by atoms with Crippen molar-refractivity contribution in [1.82, 2.24) is 0 Å². The molecule has 1 saturated carbocycles. The fraction of sp³-hybridized carbons (Fsp3) is 0.778. The van der Waals surface area contributed by atoms with Crippen LogP contribution >= 0.6 is 0 Å². The molecule has 0 aromatic heterocycles. The molecule has 6 heteroatoms. The zero-order valence-corrected chi connectivity index (χ0v) is 7.75. The molecule has 0 spiro atoms. The first-order valence-corrected chi connectivity index (χ1v) is 4.58. The molecule has 2 unspecified atom stereocenters. The molecule has 0 radical (unpaired) electrons. The average Bonchev–Trinajstić information content (AvgIpc) is 1.99. The summed E-state index contributed by atoms with van der Waals surface area (Å²) in [5, 5.41) is 0. The number of hydrogen-bond donors (Lipinski definition) is 0. The maximum Gasteiger partial charge on any atom is 0.418 e. The van der Waals surface area contributed by atoms with Crippen molar-refractivity contribution in [2.24, 2.45) is 5.92 Å². The average molecular weight is 232 g/mol. The van der Waals surface area contributed by atoms with E-state index in [1.807, 2.05) is 0 Å². The SMILES string of the molecule is FC(F)=C(C1CCCC(F)C1)C(F)(F)F. The predicted molar refractivity (Wildman–Crippen MR) is 42.2 cm³/mol. The molecule has 0 aromatic carbocycles. The molecule has 0 heterocycles. The molecule has 2 atom stereocenters. The fourth-order valence-electron chi connectivity index (χ4n) is 1.89. The highest BCUT2D eigenvalue weighted by Crippen LogP contribution is 2.42. The Bertz CT molecular complexity index is 250. The molecule has 0 nitrogen and oxygen atoms in total. The first-order valence-electron chi connectivity index (χ1n) is 4.58. The van der Waals surface area contributed by atoms with E-state index in [-0.39, 0.29) is 19.3 Å². The van der Waals surface area contributed by atoms with Crippen LogP contribution in [0.1, 0.15) is 25.7 Å². The maximum absolute atomic E-state index is 12.8. The minimum absolute atomic E-state index is 0.0212. The largest absolute Gasteiger partial charge is 0.418 e. The van der Waals surface area contributed by atoms with Gasteiger partial charge in [-0.2, -0.15) is 22.0 Å². The van der Waals surface area contributed by atoms with Gasteiger partial charge in [0.15, 0.2) is 0 Å². The lowest BCUT2D eigenvalue weighted by atomic mass is 9.83. The van der Waals surface area contributed by atoms with Gasteiger partial charge in [-0.1, -0.05) is 0 Å². The predicted octanol–water partition coefficient (Wildman–Crippen LogP) is 4.23. The highest BCUT2D eigenvalue weighted by Gasteiger charge is 2.43. The zero-order chi connectivity index (χ0) is 11.6. The van der Waals surface area contributed by atoms with Crippen LogP contribution in [0, 0.1) is 5.92 Å². The summed E-state index contributed by atoms with van der Waals surface area (Å²) in [6.07, 6.45) is -9.28. The topological polar surface area (TPSA) is 0 Å². The molecule has 88 valence electrons. The van der Waals surface area contributed by atoms with Gasteiger partial charge < -0.3 is 0 Å². The molecule has 0 N–H and O–H groups in total. The Kier molecular flexibility index (Phi) is 3.67. The highest BCUT2D eigenvalue weighted by atomic mass is 19.4. The summed E-state index contributed by atoms with van der Waals surface area (Å²) in [4.78, 5) is 0. The number of allylic oxidation sites excluding steroid dienone is 1. The molecule has 15 heavy (non-hydrogen) atoms. The van der Waals surface area contributed by atoms with Crippen LogP contribution in [0.25, 0.3) is 0 Å². The van der Waals surface area contributed by atoms with Crippen molar-refractivity contribution in [3.63, 3.8) is 0 Å². The first kappa shape index (κ1) is 12.4. The molecule has 1 rings (SSSR count). The van der Waals surface area contributed by atoms with Crippen molar-refractivity contribution < 1.29 is 26.3 Å². The zero-order valence-electron chi connectivity index (χ0n) is 7.75. The maximum atomic E-state index is 12.8. The molecule has 0 aliphatic heterocycles. The Balaban J connectivity index is 2.87. The molecular weight excluding hydrogens is 222 g/mol. The van der Waals surface area contributed by atoms with Crippen LogP contribution in [0.5, 0.6) is 0 Å². The van der Waals surface area contributed by atoms with Crippen LogP contribution in [-0.4, -0.2) is 12.3 Å². The first-order chi connectivity index (χ1) is 6.82. The third-order valence-electron chi connectivity index (χ3n) is 2.53. The second-order valence-electron chi connectivity index (χ2n) is 3.63.